The van der Waals surface area contributed by atoms with Crippen LogP contribution in [0.5, 0.6) is 0 Å². The van der Waals surface area contributed by atoms with Crippen LogP contribution in [0.15, 0.2) is 34.8 Å². The molecule has 0 spiro atoms. The number of benzene rings is 1. The van der Waals surface area contributed by atoms with Crippen molar-refractivity contribution in [2.24, 2.45) is 0 Å². The predicted octanol–water partition coefficient (Wildman–Crippen LogP) is 5.16. The van der Waals surface area contributed by atoms with Crippen LogP contribution >= 0.6 is 38.9 Å². The van der Waals surface area contributed by atoms with E-state index in [4.69, 9.17) is 11.6 Å². The number of anilines is 2. The van der Waals surface area contributed by atoms with Crippen LogP contribution in [0.1, 0.15) is 4.88 Å². The summed E-state index contributed by atoms with van der Waals surface area (Å²) in [6.07, 6.45) is 0. The van der Waals surface area contributed by atoms with Crippen LogP contribution in [-0.4, -0.2) is 9.97 Å². The number of hydrogen-bond donors (Lipinski definition) is 1. The van der Waals surface area contributed by atoms with Crippen molar-refractivity contribution in [2.75, 3.05) is 5.32 Å². The summed E-state index contributed by atoms with van der Waals surface area (Å²) in [6.45, 7) is 2.04. The van der Waals surface area contributed by atoms with E-state index < -0.39 is 0 Å². The summed E-state index contributed by atoms with van der Waals surface area (Å²) in [7, 11) is 0. The second kappa shape index (κ2) is 5.07. The Morgan fingerprint density at radius 2 is 2.05 bits per heavy atom. The van der Waals surface area contributed by atoms with E-state index in [2.05, 4.69) is 37.3 Å². The molecule has 0 saturated heterocycles. The Balaban J connectivity index is 2.12. The van der Waals surface area contributed by atoms with Gasteiger partial charge in [0.05, 0.1) is 11.1 Å². The summed E-state index contributed by atoms with van der Waals surface area (Å²) in [4.78, 5) is 10.6. The highest BCUT2D eigenvalue weighted by Crippen LogP contribution is 2.32. The number of thiophene rings is 1. The maximum absolute atomic E-state index is 5.97. The minimum absolute atomic E-state index is 0.254. The molecule has 0 atom stereocenters. The number of aromatic nitrogens is 2. The summed E-state index contributed by atoms with van der Waals surface area (Å²) in [5, 5.41) is 4.54. The molecule has 0 amide bonds. The van der Waals surface area contributed by atoms with E-state index in [1.807, 2.05) is 31.2 Å². The van der Waals surface area contributed by atoms with Gasteiger partial charge in [-0.2, -0.15) is 4.98 Å². The van der Waals surface area contributed by atoms with Crippen LogP contribution in [0.3, 0.4) is 0 Å². The number of nitrogens with one attached hydrogen (secondary N) is 1. The maximum atomic E-state index is 5.97. The van der Waals surface area contributed by atoms with E-state index in [0.29, 0.717) is 0 Å². The summed E-state index contributed by atoms with van der Waals surface area (Å²) in [5.74, 6) is 0.728. The predicted molar refractivity (Wildman–Crippen MR) is 84.6 cm³/mol. The second-order valence-corrected chi connectivity index (χ2v) is 6.45. The zero-order valence-electron chi connectivity index (χ0n) is 9.95. The standard InChI is InChI=1S/C13H9BrClN3S/c1-7-6-8-11(17-13(15)18-12(8)19-7)16-10-5-3-2-4-9(10)14/h2-6H,1H3,(H,16,17,18). The fraction of sp³-hybridized carbons (Fsp3) is 0.0769. The van der Waals surface area contributed by atoms with Crippen molar-refractivity contribution in [2.45, 2.75) is 6.92 Å². The summed E-state index contributed by atoms with van der Waals surface area (Å²) < 4.78 is 0.977. The lowest BCUT2D eigenvalue weighted by Crippen LogP contribution is -1.96. The van der Waals surface area contributed by atoms with E-state index in [1.54, 1.807) is 11.3 Å². The summed E-state index contributed by atoms with van der Waals surface area (Å²) in [5.41, 5.74) is 0.947. The minimum atomic E-state index is 0.254. The Morgan fingerprint density at radius 3 is 2.84 bits per heavy atom. The van der Waals surface area contributed by atoms with E-state index in [1.165, 1.54) is 4.88 Å². The molecule has 2 aromatic heterocycles. The lowest BCUT2D eigenvalue weighted by Gasteiger charge is -2.08. The van der Waals surface area contributed by atoms with Crippen LogP contribution in [0.4, 0.5) is 11.5 Å². The Hall–Kier alpha value is -1.17. The molecule has 2 heterocycles. The van der Waals surface area contributed by atoms with Gasteiger partial charge in [-0.25, -0.2) is 4.98 Å². The average molecular weight is 355 g/mol. The van der Waals surface area contributed by atoms with Gasteiger partial charge < -0.3 is 5.32 Å². The lowest BCUT2D eigenvalue weighted by molar-refractivity contribution is 1.23. The molecule has 0 radical (unpaired) electrons. The third-order valence-electron chi connectivity index (χ3n) is 2.62. The SMILES string of the molecule is Cc1cc2c(Nc3ccccc3Br)nc(Cl)nc2s1. The van der Waals surface area contributed by atoms with Crippen molar-refractivity contribution in [1.29, 1.82) is 0 Å². The molecule has 0 unspecified atom stereocenters. The smallest absolute Gasteiger partial charge is 0.225 e. The molecule has 0 aliphatic heterocycles. The Labute approximate surface area is 127 Å². The van der Waals surface area contributed by atoms with Crippen molar-refractivity contribution in [3.8, 4) is 0 Å². The van der Waals surface area contributed by atoms with Crippen LogP contribution in [0.2, 0.25) is 5.28 Å². The number of rotatable bonds is 2. The fourth-order valence-corrected chi connectivity index (χ4v) is 3.28. The number of halogens is 2. The third kappa shape index (κ3) is 2.59. The van der Waals surface area contributed by atoms with E-state index >= 15 is 0 Å². The van der Waals surface area contributed by atoms with Crippen molar-refractivity contribution in [3.05, 3.63) is 45.0 Å². The zero-order chi connectivity index (χ0) is 13.4. The molecule has 3 nitrogen and oxygen atoms in total. The quantitative estimate of drug-likeness (QED) is 0.646. The van der Waals surface area contributed by atoms with E-state index in [9.17, 15) is 0 Å². The van der Waals surface area contributed by atoms with Gasteiger partial charge in [0.15, 0.2) is 0 Å². The highest BCUT2D eigenvalue weighted by molar-refractivity contribution is 9.10. The third-order valence-corrected chi connectivity index (χ3v) is 4.42. The highest BCUT2D eigenvalue weighted by Gasteiger charge is 2.10. The monoisotopic (exact) mass is 353 g/mol. The zero-order valence-corrected chi connectivity index (χ0v) is 13.1. The normalized spacial score (nSPS) is 10.9. The molecule has 0 fully saturated rings. The molecule has 3 rings (SSSR count). The van der Waals surface area contributed by atoms with Crippen LogP contribution in [-0.2, 0) is 0 Å². The van der Waals surface area contributed by atoms with Crippen LogP contribution in [0, 0.1) is 6.92 Å². The molecule has 0 bridgehead atoms. The molecule has 0 saturated carbocycles. The van der Waals surface area contributed by atoms with Gasteiger partial charge in [-0.1, -0.05) is 12.1 Å². The average Bonchev–Trinajstić information content (AvgIpc) is 2.72. The van der Waals surface area contributed by atoms with E-state index in [0.717, 1.165) is 26.2 Å². The molecular formula is C13H9BrClN3S. The molecular weight excluding hydrogens is 346 g/mol. The van der Waals surface area contributed by atoms with Gasteiger partial charge in [-0.05, 0) is 52.7 Å². The lowest BCUT2D eigenvalue weighted by atomic mass is 10.3. The molecule has 1 N–H and O–H groups in total. The van der Waals surface area contributed by atoms with Crippen molar-refractivity contribution >= 4 is 60.6 Å². The van der Waals surface area contributed by atoms with Crippen LogP contribution in [0.25, 0.3) is 10.2 Å². The van der Waals surface area contributed by atoms with Gasteiger partial charge in [-0.15, -0.1) is 11.3 Å². The van der Waals surface area contributed by atoms with Gasteiger partial charge in [0.25, 0.3) is 0 Å². The Morgan fingerprint density at radius 1 is 1.26 bits per heavy atom. The van der Waals surface area contributed by atoms with Gasteiger partial charge in [0.2, 0.25) is 5.28 Å². The molecule has 96 valence electrons. The van der Waals surface area contributed by atoms with Crippen molar-refractivity contribution in [1.82, 2.24) is 9.97 Å². The number of nitrogens with zero attached hydrogens (tertiary/aromatic N) is 2. The minimum Gasteiger partial charge on any atom is -0.339 e. The van der Waals surface area contributed by atoms with Crippen molar-refractivity contribution in [3.63, 3.8) is 0 Å². The maximum Gasteiger partial charge on any atom is 0.225 e. The second-order valence-electron chi connectivity index (χ2n) is 4.02. The van der Waals surface area contributed by atoms with Crippen LogP contribution < -0.4 is 5.32 Å². The van der Waals surface area contributed by atoms with E-state index in [-0.39, 0.29) is 5.28 Å². The number of para-hydroxylation sites is 1. The summed E-state index contributed by atoms with van der Waals surface area (Å²) >= 11 is 11.1. The van der Waals surface area contributed by atoms with Gasteiger partial charge in [-0.3, -0.25) is 0 Å². The Kier molecular flexibility index (Phi) is 3.43. The molecule has 6 heteroatoms. The first kappa shape index (κ1) is 12.8. The molecule has 3 aromatic rings. The molecule has 1 aromatic carbocycles. The highest BCUT2D eigenvalue weighted by atomic mass is 79.9. The number of fused-ring (bicyclic) bond motifs is 1. The first-order valence-corrected chi connectivity index (χ1v) is 7.57. The fourth-order valence-electron chi connectivity index (χ4n) is 1.80. The van der Waals surface area contributed by atoms with Gasteiger partial charge in [0, 0.05) is 9.35 Å². The van der Waals surface area contributed by atoms with Gasteiger partial charge >= 0.3 is 0 Å². The molecule has 0 aliphatic rings. The largest absolute Gasteiger partial charge is 0.339 e. The molecule has 19 heavy (non-hydrogen) atoms. The topological polar surface area (TPSA) is 37.8 Å². The number of aryl methyl sites for hydroxylation is 1. The molecule has 0 aliphatic carbocycles. The van der Waals surface area contributed by atoms with Crippen molar-refractivity contribution < 1.29 is 0 Å². The first-order valence-electron chi connectivity index (χ1n) is 5.59. The number of hydrogen-bond acceptors (Lipinski definition) is 4. The first-order chi connectivity index (χ1) is 9.13. The summed E-state index contributed by atoms with van der Waals surface area (Å²) in [6, 6.07) is 9.94. The van der Waals surface area contributed by atoms with Gasteiger partial charge in [0.1, 0.15) is 10.6 Å². The Bertz CT molecular complexity index is 757.